The van der Waals surface area contributed by atoms with Crippen LogP contribution in [-0.2, 0) is 13.1 Å². The van der Waals surface area contributed by atoms with Crippen LogP contribution >= 0.6 is 0 Å². The van der Waals surface area contributed by atoms with E-state index in [1.54, 1.807) is 6.07 Å². The molecule has 3 aromatic carbocycles. The highest BCUT2D eigenvalue weighted by atomic mass is 19.2. The number of fused-ring (bicyclic) bond motifs is 2. The number of rotatable bonds is 5. The summed E-state index contributed by atoms with van der Waals surface area (Å²) in [5.41, 5.74) is 2.26. The molecule has 7 nitrogen and oxygen atoms in total. The summed E-state index contributed by atoms with van der Waals surface area (Å²) in [4.78, 5) is 4.54. The normalized spacial score (nSPS) is 16.2. The zero-order valence-corrected chi connectivity index (χ0v) is 19.1. The maximum Gasteiger partial charge on any atom is 0.231 e. The van der Waals surface area contributed by atoms with Crippen molar-refractivity contribution in [1.82, 2.24) is 15.0 Å². The fraction of sp³-hybridized carbons (Fsp3) is 0.269. The topological polar surface area (TPSA) is 71.2 Å². The second kappa shape index (κ2) is 9.03. The van der Waals surface area contributed by atoms with E-state index < -0.39 is 17.5 Å². The third kappa shape index (κ3) is 4.12. The zero-order chi connectivity index (χ0) is 24.8. The van der Waals surface area contributed by atoms with Crippen molar-refractivity contribution >= 4 is 11.0 Å². The Morgan fingerprint density at radius 1 is 0.833 bits per heavy atom. The number of hydrogen-bond donors (Lipinski definition) is 1. The summed E-state index contributed by atoms with van der Waals surface area (Å²) < 4.78 is 57.3. The average molecular weight is 497 g/mol. The highest BCUT2D eigenvalue weighted by Gasteiger charge is 2.24. The minimum absolute atomic E-state index is 0.0458. The van der Waals surface area contributed by atoms with Crippen LogP contribution in [0.2, 0.25) is 0 Å². The largest absolute Gasteiger partial charge is 0.507 e. The number of aromatic hydroxyl groups is 1. The molecule has 4 aromatic rings. The van der Waals surface area contributed by atoms with Gasteiger partial charge in [0.15, 0.2) is 34.5 Å². The highest BCUT2D eigenvalue weighted by Crippen LogP contribution is 2.36. The van der Waals surface area contributed by atoms with Crippen LogP contribution in [0.25, 0.3) is 22.2 Å². The van der Waals surface area contributed by atoms with Crippen molar-refractivity contribution < 1.29 is 32.3 Å². The molecular weight excluding hydrogens is 475 g/mol. The number of halogens is 3. The first-order valence-electron chi connectivity index (χ1n) is 11.5. The molecule has 0 aliphatic carbocycles. The van der Waals surface area contributed by atoms with E-state index in [9.17, 15) is 18.3 Å². The Morgan fingerprint density at radius 2 is 1.53 bits per heavy atom. The van der Waals surface area contributed by atoms with Crippen LogP contribution in [-0.4, -0.2) is 53.0 Å². The summed E-state index contributed by atoms with van der Waals surface area (Å²) in [6.07, 6.45) is 0. The molecule has 0 radical (unpaired) electrons. The standard InChI is InChI=1S/C26H22F3N3O4/c27-19-10-16(11-20(28)24(19)29)25-17-2-3-21(33)18(26(17)36-30-25)13-32-7-5-31(6-8-32)12-15-1-4-22-23(9-15)35-14-34-22/h1-4,9-11,33H,5-8,12-14H2. The van der Waals surface area contributed by atoms with Gasteiger partial charge in [0.2, 0.25) is 6.79 Å². The maximum absolute atomic E-state index is 13.8. The van der Waals surface area contributed by atoms with Crippen molar-refractivity contribution in [2.75, 3.05) is 33.0 Å². The lowest BCUT2D eigenvalue weighted by Gasteiger charge is -2.34. The van der Waals surface area contributed by atoms with Crippen LogP contribution in [0.3, 0.4) is 0 Å². The van der Waals surface area contributed by atoms with Gasteiger partial charge < -0.3 is 19.1 Å². The Balaban J connectivity index is 1.17. The van der Waals surface area contributed by atoms with E-state index in [4.69, 9.17) is 14.0 Å². The quantitative estimate of drug-likeness (QED) is 0.402. The third-order valence-electron chi connectivity index (χ3n) is 6.67. The van der Waals surface area contributed by atoms with Crippen molar-refractivity contribution in [3.8, 4) is 28.5 Å². The van der Waals surface area contributed by atoms with Crippen molar-refractivity contribution in [3.05, 3.63) is 71.0 Å². The molecule has 0 atom stereocenters. The van der Waals surface area contributed by atoms with E-state index in [2.05, 4.69) is 15.0 Å². The minimum atomic E-state index is -1.54. The lowest BCUT2D eigenvalue weighted by atomic mass is 10.0. The van der Waals surface area contributed by atoms with E-state index in [1.165, 1.54) is 6.07 Å². The summed E-state index contributed by atoms with van der Waals surface area (Å²) >= 11 is 0. The van der Waals surface area contributed by atoms with Crippen LogP contribution in [0.1, 0.15) is 11.1 Å². The first-order chi connectivity index (χ1) is 17.5. The van der Waals surface area contributed by atoms with Crippen LogP contribution in [0.5, 0.6) is 17.2 Å². The van der Waals surface area contributed by atoms with E-state index >= 15 is 0 Å². The molecule has 6 rings (SSSR count). The molecular formula is C26H22F3N3O4. The molecule has 0 unspecified atom stereocenters. The molecule has 2 aliphatic heterocycles. The summed E-state index contributed by atoms with van der Waals surface area (Å²) in [7, 11) is 0. The second-order valence-electron chi connectivity index (χ2n) is 8.96. The SMILES string of the molecule is Oc1ccc2c(-c3cc(F)c(F)c(F)c3)noc2c1CN1CCN(Cc2ccc3c(c2)OCO3)CC1. The highest BCUT2D eigenvalue weighted by molar-refractivity contribution is 5.94. The fourth-order valence-corrected chi connectivity index (χ4v) is 4.73. The summed E-state index contributed by atoms with van der Waals surface area (Å²) in [5.74, 6) is -2.57. The van der Waals surface area contributed by atoms with E-state index in [-0.39, 0.29) is 23.8 Å². The predicted octanol–water partition coefficient (Wildman–Crippen LogP) is 4.66. The number of nitrogens with zero attached hydrogens (tertiary/aromatic N) is 3. The third-order valence-corrected chi connectivity index (χ3v) is 6.67. The van der Waals surface area contributed by atoms with Gasteiger partial charge in [-0.25, -0.2) is 13.2 Å². The molecule has 36 heavy (non-hydrogen) atoms. The molecule has 1 saturated heterocycles. The van der Waals surface area contributed by atoms with Crippen LogP contribution in [0.15, 0.2) is 47.0 Å². The van der Waals surface area contributed by atoms with Crippen LogP contribution in [0, 0.1) is 17.5 Å². The van der Waals surface area contributed by atoms with Gasteiger partial charge in [-0.15, -0.1) is 0 Å². The van der Waals surface area contributed by atoms with Gasteiger partial charge in [0.05, 0.1) is 10.9 Å². The Morgan fingerprint density at radius 3 is 2.28 bits per heavy atom. The van der Waals surface area contributed by atoms with Gasteiger partial charge in [0.25, 0.3) is 0 Å². The number of piperazine rings is 1. The molecule has 1 N–H and O–H groups in total. The van der Waals surface area contributed by atoms with Gasteiger partial charge in [0.1, 0.15) is 11.4 Å². The van der Waals surface area contributed by atoms with E-state index in [0.717, 1.165) is 61.9 Å². The lowest BCUT2D eigenvalue weighted by Crippen LogP contribution is -2.45. The van der Waals surface area contributed by atoms with Gasteiger partial charge in [-0.05, 0) is 42.0 Å². The Bertz CT molecular complexity index is 1430. The van der Waals surface area contributed by atoms with E-state index in [1.807, 2.05) is 18.2 Å². The van der Waals surface area contributed by atoms with Gasteiger partial charge >= 0.3 is 0 Å². The Hall–Kier alpha value is -3.76. The number of hydrogen-bond acceptors (Lipinski definition) is 7. The minimum Gasteiger partial charge on any atom is -0.507 e. The lowest BCUT2D eigenvalue weighted by molar-refractivity contribution is 0.121. The van der Waals surface area contributed by atoms with Gasteiger partial charge in [-0.1, -0.05) is 11.2 Å². The number of aromatic nitrogens is 1. The van der Waals surface area contributed by atoms with Gasteiger partial charge in [-0.3, -0.25) is 9.80 Å². The molecule has 1 fully saturated rings. The summed E-state index contributed by atoms with van der Waals surface area (Å²) in [6.45, 7) is 4.68. The average Bonchev–Trinajstić information content (AvgIpc) is 3.52. The van der Waals surface area contributed by atoms with Crippen molar-refractivity contribution in [3.63, 3.8) is 0 Å². The summed E-state index contributed by atoms with van der Waals surface area (Å²) in [6, 6.07) is 10.8. The summed E-state index contributed by atoms with van der Waals surface area (Å²) in [5, 5.41) is 15.0. The predicted molar refractivity (Wildman–Crippen MR) is 124 cm³/mol. The smallest absolute Gasteiger partial charge is 0.231 e. The zero-order valence-electron chi connectivity index (χ0n) is 19.1. The number of benzene rings is 3. The molecule has 0 bridgehead atoms. The molecule has 186 valence electrons. The molecule has 2 aliphatic rings. The van der Waals surface area contributed by atoms with Crippen LogP contribution in [0.4, 0.5) is 13.2 Å². The number of phenols is 1. The van der Waals surface area contributed by atoms with Crippen molar-refractivity contribution in [2.24, 2.45) is 0 Å². The Kier molecular flexibility index (Phi) is 5.69. The van der Waals surface area contributed by atoms with Gasteiger partial charge in [-0.2, -0.15) is 0 Å². The monoisotopic (exact) mass is 497 g/mol. The molecule has 0 saturated carbocycles. The van der Waals surface area contributed by atoms with Crippen molar-refractivity contribution in [1.29, 1.82) is 0 Å². The van der Waals surface area contributed by atoms with Crippen LogP contribution < -0.4 is 9.47 Å². The maximum atomic E-state index is 13.8. The first-order valence-corrected chi connectivity index (χ1v) is 11.5. The fourth-order valence-electron chi connectivity index (χ4n) is 4.73. The molecule has 1 aromatic heterocycles. The molecule has 0 amide bonds. The first kappa shape index (κ1) is 22.7. The number of phenolic OH excluding ortho intramolecular Hbond substituents is 1. The molecule has 0 spiro atoms. The van der Waals surface area contributed by atoms with Crippen molar-refractivity contribution in [2.45, 2.75) is 13.1 Å². The Labute approximate surface area is 204 Å². The second-order valence-corrected chi connectivity index (χ2v) is 8.96. The molecule has 10 heteroatoms. The van der Waals surface area contributed by atoms with E-state index in [0.29, 0.717) is 23.1 Å². The van der Waals surface area contributed by atoms with Gasteiger partial charge in [0, 0.05) is 44.8 Å². The molecule has 3 heterocycles. The number of ether oxygens (including phenoxy) is 2.